The molecule has 0 heterocycles. The van der Waals surface area contributed by atoms with E-state index >= 15 is 0 Å². The minimum absolute atomic E-state index is 0.152. The van der Waals surface area contributed by atoms with Gasteiger partial charge in [0.15, 0.2) is 0 Å². The van der Waals surface area contributed by atoms with Crippen molar-refractivity contribution in [2.75, 3.05) is 0 Å². The second-order valence-electron chi connectivity index (χ2n) is 7.27. The third kappa shape index (κ3) is 2.81. The van der Waals surface area contributed by atoms with Gasteiger partial charge in [-0.1, -0.05) is 46.5 Å². The molecule has 1 spiro atoms. The Kier molecular flexibility index (Phi) is 3.27. The molecule has 2 rings (SSSR count). The molecule has 0 aromatic carbocycles. The van der Waals surface area contributed by atoms with Crippen molar-refractivity contribution in [3.63, 3.8) is 0 Å². The number of rotatable bonds is 0. The van der Waals surface area contributed by atoms with E-state index in [0.29, 0.717) is 5.41 Å². The lowest BCUT2D eigenvalue weighted by Gasteiger charge is -2.44. The lowest BCUT2D eigenvalue weighted by atomic mass is 9.62. The van der Waals surface area contributed by atoms with E-state index in [1.165, 1.54) is 51.4 Å². The normalized spacial score (nSPS) is 30.8. The van der Waals surface area contributed by atoms with E-state index in [1.807, 2.05) is 0 Å². The van der Waals surface area contributed by atoms with Gasteiger partial charge in [0.1, 0.15) is 0 Å². The maximum atomic E-state index is 8.73. The maximum Gasteiger partial charge on any atom is 0.0308 e. The first-order valence-electron chi connectivity index (χ1n) is 7.87. The van der Waals surface area contributed by atoms with Crippen molar-refractivity contribution in [1.29, 1.82) is 0 Å². The van der Waals surface area contributed by atoms with Crippen LogP contribution in [0.2, 0.25) is 0 Å². The highest BCUT2D eigenvalue weighted by molar-refractivity contribution is 4.89. The summed E-state index contributed by atoms with van der Waals surface area (Å²) in [4.78, 5) is 0. The van der Waals surface area contributed by atoms with Crippen molar-refractivity contribution in [3.8, 4) is 0 Å². The van der Waals surface area contributed by atoms with Crippen LogP contribution in [0.4, 0.5) is 0 Å². The second kappa shape index (κ2) is 4.70. The van der Waals surface area contributed by atoms with Crippen LogP contribution in [0.1, 0.15) is 86.4 Å². The van der Waals surface area contributed by atoms with Crippen molar-refractivity contribution in [2.24, 2.45) is 16.7 Å². The van der Waals surface area contributed by atoms with E-state index in [4.69, 9.17) is 1.37 Å². The highest BCUT2D eigenvalue weighted by Gasteiger charge is 2.38. The van der Waals surface area contributed by atoms with Gasteiger partial charge in [-0.25, -0.2) is 0 Å². The molecule has 0 amide bonds. The summed E-state index contributed by atoms with van der Waals surface area (Å²) in [5, 5.41) is 0. The first kappa shape index (κ1) is 11.1. The van der Waals surface area contributed by atoms with E-state index in [0.717, 1.165) is 12.8 Å². The Labute approximate surface area is 104 Å². The summed E-state index contributed by atoms with van der Waals surface area (Å²) in [7, 11) is 0. The van der Waals surface area contributed by atoms with E-state index < -0.39 is 0 Å². The summed E-state index contributed by atoms with van der Waals surface area (Å²) in [6, 6.07) is 0. The standard InChI is InChI=1S/C16H30/c1-15(2,3)14-8-12-16(13-9-14)10-6-4-5-7-11-16/h14H,4-13H2,1-3H3/i14D. The van der Waals surface area contributed by atoms with Gasteiger partial charge >= 0.3 is 0 Å². The van der Waals surface area contributed by atoms with Crippen LogP contribution < -0.4 is 0 Å². The van der Waals surface area contributed by atoms with Crippen molar-refractivity contribution in [2.45, 2.75) is 85.0 Å². The molecular formula is C16H30. The van der Waals surface area contributed by atoms with Crippen LogP contribution in [-0.2, 0) is 0 Å². The van der Waals surface area contributed by atoms with Gasteiger partial charge < -0.3 is 0 Å². The van der Waals surface area contributed by atoms with E-state index in [9.17, 15) is 0 Å². The van der Waals surface area contributed by atoms with Gasteiger partial charge in [0.05, 0.1) is 0 Å². The number of hydrogen-bond donors (Lipinski definition) is 0. The first-order chi connectivity index (χ1) is 7.87. The van der Waals surface area contributed by atoms with Crippen LogP contribution in [0, 0.1) is 16.7 Å². The molecule has 0 aromatic rings. The fourth-order valence-electron chi connectivity index (χ4n) is 3.81. The molecular weight excluding hydrogens is 192 g/mol. The summed E-state index contributed by atoms with van der Waals surface area (Å²) < 4.78 is 8.73. The molecule has 0 aliphatic heterocycles. The van der Waals surface area contributed by atoms with Gasteiger partial charge in [0.25, 0.3) is 0 Å². The predicted octanol–water partition coefficient (Wildman–Crippen LogP) is 5.56. The third-order valence-corrected chi connectivity index (χ3v) is 5.14. The Hall–Kier alpha value is 0. The third-order valence-electron chi connectivity index (χ3n) is 5.14. The minimum Gasteiger partial charge on any atom is -0.0599 e. The van der Waals surface area contributed by atoms with Gasteiger partial charge in [0, 0.05) is 1.37 Å². The molecule has 0 heteroatoms. The van der Waals surface area contributed by atoms with Gasteiger partial charge in [-0.2, -0.15) is 0 Å². The Morgan fingerprint density at radius 2 is 1.38 bits per heavy atom. The lowest BCUT2D eigenvalue weighted by Crippen LogP contribution is -2.32. The molecule has 2 saturated carbocycles. The summed E-state index contributed by atoms with van der Waals surface area (Å²) in [6.45, 7) is 6.77. The van der Waals surface area contributed by atoms with Crippen LogP contribution in [0.25, 0.3) is 0 Å². The summed E-state index contributed by atoms with van der Waals surface area (Å²) >= 11 is 0. The molecule has 94 valence electrons. The molecule has 2 fully saturated rings. The molecule has 0 aromatic heterocycles. The Balaban J connectivity index is 2.01. The topological polar surface area (TPSA) is 0 Å². The van der Waals surface area contributed by atoms with Crippen LogP contribution in [0.3, 0.4) is 0 Å². The molecule has 2 aliphatic carbocycles. The molecule has 0 atom stereocenters. The smallest absolute Gasteiger partial charge is 0.0308 e. The van der Waals surface area contributed by atoms with Crippen molar-refractivity contribution in [1.82, 2.24) is 0 Å². The molecule has 0 radical (unpaired) electrons. The largest absolute Gasteiger partial charge is 0.0599 e. The average Bonchev–Trinajstić information content (AvgIpc) is 2.48. The van der Waals surface area contributed by atoms with Crippen LogP contribution in [-0.4, -0.2) is 0 Å². The van der Waals surface area contributed by atoms with Crippen LogP contribution in [0.15, 0.2) is 0 Å². The highest BCUT2D eigenvalue weighted by atomic mass is 14.4. The van der Waals surface area contributed by atoms with Gasteiger partial charge in [0.2, 0.25) is 0 Å². The summed E-state index contributed by atoms with van der Waals surface area (Å²) in [5.41, 5.74) is 0.797. The fraction of sp³-hybridized carbons (Fsp3) is 1.00. The molecule has 0 unspecified atom stereocenters. The molecule has 2 aliphatic rings. The molecule has 0 bridgehead atoms. The van der Waals surface area contributed by atoms with Gasteiger partial charge in [-0.05, 0) is 55.2 Å². The molecule has 16 heavy (non-hydrogen) atoms. The van der Waals surface area contributed by atoms with E-state index in [1.54, 1.807) is 0 Å². The Morgan fingerprint density at radius 3 is 1.81 bits per heavy atom. The zero-order valence-electron chi connectivity index (χ0n) is 12.6. The highest BCUT2D eigenvalue weighted by Crippen LogP contribution is 2.51. The lowest BCUT2D eigenvalue weighted by molar-refractivity contribution is 0.0753. The molecule has 0 nitrogen and oxygen atoms in total. The van der Waals surface area contributed by atoms with Crippen LogP contribution in [0.5, 0.6) is 0 Å². The monoisotopic (exact) mass is 223 g/mol. The Bertz CT molecular complexity index is 243. The van der Waals surface area contributed by atoms with Crippen molar-refractivity contribution < 1.29 is 1.37 Å². The SMILES string of the molecule is [2H]C1(C(C)(C)C)CCC2(CCCCCC2)CC1. The average molecular weight is 223 g/mol. The zero-order valence-corrected chi connectivity index (χ0v) is 11.6. The zero-order chi connectivity index (χ0) is 12.6. The molecule has 0 saturated heterocycles. The van der Waals surface area contributed by atoms with E-state index in [-0.39, 0.29) is 11.3 Å². The summed E-state index contributed by atoms with van der Waals surface area (Å²) in [5.74, 6) is -0.162. The van der Waals surface area contributed by atoms with E-state index in [2.05, 4.69) is 20.8 Å². The van der Waals surface area contributed by atoms with Gasteiger partial charge in [-0.3, -0.25) is 0 Å². The maximum absolute atomic E-state index is 8.73. The number of hydrogen-bond acceptors (Lipinski definition) is 0. The van der Waals surface area contributed by atoms with Crippen molar-refractivity contribution >= 4 is 0 Å². The predicted molar refractivity (Wildman–Crippen MR) is 71.5 cm³/mol. The molecule has 0 N–H and O–H groups in total. The fourth-order valence-corrected chi connectivity index (χ4v) is 3.81. The van der Waals surface area contributed by atoms with Gasteiger partial charge in [-0.15, -0.1) is 0 Å². The van der Waals surface area contributed by atoms with Crippen LogP contribution >= 0.6 is 0 Å². The van der Waals surface area contributed by atoms with Crippen molar-refractivity contribution in [3.05, 3.63) is 0 Å². The first-order valence-corrected chi connectivity index (χ1v) is 7.37. The summed E-state index contributed by atoms with van der Waals surface area (Å²) in [6.07, 6.45) is 13.6. The minimum atomic E-state index is -0.162. The quantitative estimate of drug-likeness (QED) is 0.504. The Morgan fingerprint density at radius 1 is 0.875 bits per heavy atom. The second-order valence-corrected chi connectivity index (χ2v) is 7.27.